The molecule has 4 nitrogen and oxygen atoms in total. The van der Waals surface area contributed by atoms with Gasteiger partial charge in [-0.3, -0.25) is 4.79 Å². The minimum Gasteiger partial charge on any atom is -0.550 e. The molecule has 1 aromatic rings. The quantitative estimate of drug-likeness (QED) is 0.836. The average Bonchev–Trinajstić information content (AvgIpc) is 2.66. The largest absolute Gasteiger partial charge is 0.550 e. The van der Waals surface area contributed by atoms with Crippen molar-refractivity contribution in [2.45, 2.75) is 13.0 Å². The highest BCUT2D eigenvalue weighted by Crippen LogP contribution is 2.28. The zero-order valence-electron chi connectivity index (χ0n) is 9.36. The van der Waals surface area contributed by atoms with Crippen molar-refractivity contribution in [1.82, 2.24) is 4.90 Å². The molecule has 0 aliphatic carbocycles. The Kier molecular flexibility index (Phi) is 3.78. The number of aliphatic carboxylic acids is 1. The molecule has 1 fully saturated rings. The maximum absolute atomic E-state index is 11.7. The monoisotopic (exact) mass is 286 g/mol. The van der Waals surface area contributed by atoms with E-state index in [-0.39, 0.29) is 25.4 Å². The first-order chi connectivity index (χ1) is 8.49. The first-order valence-electron chi connectivity index (χ1n) is 5.40. The fourth-order valence-electron chi connectivity index (χ4n) is 1.96. The van der Waals surface area contributed by atoms with E-state index in [1.807, 2.05) is 0 Å². The Bertz CT molecular complexity index is 484. The summed E-state index contributed by atoms with van der Waals surface area (Å²) in [5, 5.41) is 11.7. The average molecular weight is 287 g/mol. The van der Waals surface area contributed by atoms with E-state index < -0.39 is 11.9 Å². The molecule has 1 aliphatic rings. The minimum absolute atomic E-state index is 0.0234. The summed E-state index contributed by atoms with van der Waals surface area (Å²) in [6.45, 7) is 0.365. The van der Waals surface area contributed by atoms with Crippen molar-refractivity contribution in [2.24, 2.45) is 5.92 Å². The second-order valence-electron chi connectivity index (χ2n) is 4.19. The lowest BCUT2D eigenvalue weighted by Gasteiger charge is -2.18. The van der Waals surface area contributed by atoms with Crippen molar-refractivity contribution < 1.29 is 14.7 Å². The van der Waals surface area contributed by atoms with Gasteiger partial charge in [0.2, 0.25) is 5.91 Å². The van der Waals surface area contributed by atoms with Crippen LogP contribution < -0.4 is 5.11 Å². The van der Waals surface area contributed by atoms with E-state index in [4.69, 9.17) is 23.2 Å². The van der Waals surface area contributed by atoms with Crippen LogP contribution in [0.3, 0.4) is 0 Å². The van der Waals surface area contributed by atoms with Gasteiger partial charge in [-0.1, -0.05) is 29.3 Å². The number of carbonyl (C=O) groups is 2. The predicted octanol–water partition coefficient (Wildman–Crippen LogP) is 1.09. The molecule has 1 amide bonds. The van der Waals surface area contributed by atoms with E-state index in [0.29, 0.717) is 15.6 Å². The van der Waals surface area contributed by atoms with Gasteiger partial charge in [0.1, 0.15) is 0 Å². The Morgan fingerprint density at radius 2 is 2.00 bits per heavy atom. The molecule has 96 valence electrons. The van der Waals surface area contributed by atoms with Crippen molar-refractivity contribution in [1.29, 1.82) is 0 Å². The van der Waals surface area contributed by atoms with Crippen LogP contribution in [0, 0.1) is 5.92 Å². The maximum Gasteiger partial charge on any atom is 0.223 e. The number of carbonyl (C=O) groups excluding carboxylic acids is 2. The van der Waals surface area contributed by atoms with Gasteiger partial charge in [-0.15, -0.1) is 0 Å². The Morgan fingerprint density at radius 3 is 2.50 bits per heavy atom. The molecule has 6 heteroatoms. The molecule has 0 aromatic heterocycles. The lowest BCUT2D eigenvalue weighted by atomic mass is 10.1. The lowest BCUT2D eigenvalue weighted by molar-refractivity contribution is -0.311. The third-order valence-corrected chi connectivity index (χ3v) is 3.67. The minimum atomic E-state index is -1.20. The molecule has 0 saturated carbocycles. The van der Waals surface area contributed by atoms with Crippen LogP contribution in [0.25, 0.3) is 0 Å². The van der Waals surface area contributed by atoms with Crippen LogP contribution in [0.5, 0.6) is 0 Å². The van der Waals surface area contributed by atoms with Crippen molar-refractivity contribution in [3.8, 4) is 0 Å². The van der Waals surface area contributed by atoms with Crippen molar-refractivity contribution in [3.63, 3.8) is 0 Å². The molecular weight excluding hydrogens is 277 g/mol. The highest BCUT2D eigenvalue weighted by atomic mass is 35.5. The SMILES string of the molecule is O=C([O-])[C@H]1CC(=O)N(Cc2c(Cl)cccc2Cl)C1. The van der Waals surface area contributed by atoms with Crippen LogP contribution in [-0.4, -0.2) is 23.3 Å². The molecule has 2 rings (SSSR count). The van der Waals surface area contributed by atoms with Gasteiger partial charge in [0.25, 0.3) is 0 Å². The van der Waals surface area contributed by atoms with Crippen LogP contribution in [0.1, 0.15) is 12.0 Å². The number of rotatable bonds is 3. The van der Waals surface area contributed by atoms with Gasteiger partial charge >= 0.3 is 0 Å². The van der Waals surface area contributed by atoms with Gasteiger partial charge in [-0.2, -0.15) is 0 Å². The maximum atomic E-state index is 11.7. The van der Waals surface area contributed by atoms with Gasteiger partial charge in [0.05, 0.1) is 0 Å². The zero-order chi connectivity index (χ0) is 13.3. The van der Waals surface area contributed by atoms with Crippen molar-refractivity contribution >= 4 is 35.1 Å². The van der Waals surface area contributed by atoms with Crippen LogP contribution in [0.15, 0.2) is 18.2 Å². The molecule has 18 heavy (non-hydrogen) atoms. The molecule has 1 aliphatic heterocycles. The molecule has 0 spiro atoms. The number of carboxylic acids is 1. The highest BCUT2D eigenvalue weighted by Gasteiger charge is 2.30. The van der Waals surface area contributed by atoms with Crippen LogP contribution >= 0.6 is 23.2 Å². The van der Waals surface area contributed by atoms with Gasteiger partial charge in [-0.05, 0) is 12.1 Å². The highest BCUT2D eigenvalue weighted by molar-refractivity contribution is 6.36. The molecular formula is C12H10Cl2NO3-. The summed E-state index contributed by atoms with van der Waals surface area (Å²) in [7, 11) is 0. The Balaban J connectivity index is 2.15. The van der Waals surface area contributed by atoms with Crippen molar-refractivity contribution in [3.05, 3.63) is 33.8 Å². The van der Waals surface area contributed by atoms with E-state index in [0.717, 1.165) is 0 Å². The Hall–Kier alpha value is -1.26. The van der Waals surface area contributed by atoms with E-state index in [9.17, 15) is 14.7 Å². The summed E-state index contributed by atoms with van der Waals surface area (Å²) in [5.41, 5.74) is 0.633. The first-order valence-corrected chi connectivity index (χ1v) is 6.16. The molecule has 0 bridgehead atoms. The molecule has 1 saturated heterocycles. The zero-order valence-corrected chi connectivity index (χ0v) is 10.9. The van der Waals surface area contributed by atoms with Gasteiger partial charge in [0.15, 0.2) is 0 Å². The van der Waals surface area contributed by atoms with Crippen molar-refractivity contribution in [2.75, 3.05) is 6.54 Å². The smallest absolute Gasteiger partial charge is 0.223 e. The number of halogens is 2. The number of hydrogen-bond acceptors (Lipinski definition) is 3. The molecule has 0 unspecified atom stereocenters. The number of likely N-dealkylation sites (tertiary alicyclic amines) is 1. The third kappa shape index (κ3) is 2.60. The summed E-state index contributed by atoms with van der Waals surface area (Å²) in [6.07, 6.45) is -0.0234. The number of benzene rings is 1. The third-order valence-electron chi connectivity index (χ3n) is 2.96. The van der Waals surface area contributed by atoms with Crippen LogP contribution in [-0.2, 0) is 16.1 Å². The fourth-order valence-corrected chi connectivity index (χ4v) is 2.47. The Labute approximate surface area is 114 Å². The number of nitrogens with zero attached hydrogens (tertiary/aromatic N) is 1. The first kappa shape index (κ1) is 13.2. The summed E-state index contributed by atoms with van der Waals surface area (Å²) < 4.78 is 0. The predicted molar refractivity (Wildman–Crippen MR) is 65.0 cm³/mol. The summed E-state index contributed by atoms with van der Waals surface area (Å²) in [6, 6.07) is 5.07. The standard InChI is InChI=1S/C12H11Cl2NO3/c13-9-2-1-3-10(14)8(9)6-15-5-7(12(17)18)4-11(15)16/h1-3,7H,4-6H2,(H,17,18)/p-1/t7-/m0/s1. The molecule has 1 aromatic carbocycles. The van der Waals surface area contributed by atoms with E-state index in [1.54, 1.807) is 18.2 Å². The van der Waals surface area contributed by atoms with Gasteiger partial charge in [0, 0.05) is 47.0 Å². The van der Waals surface area contributed by atoms with E-state index in [2.05, 4.69) is 0 Å². The molecule has 0 radical (unpaired) electrons. The summed E-state index contributed by atoms with van der Waals surface area (Å²) in [4.78, 5) is 23.8. The number of hydrogen-bond donors (Lipinski definition) is 0. The van der Waals surface area contributed by atoms with E-state index >= 15 is 0 Å². The van der Waals surface area contributed by atoms with Crippen LogP contribution in [0.2, 0.25) is 10.0 Å². The van der Waals surface area contributed by atoms with E-state index in [1.165, 1.54) is 4.90 Å². The molecule has 1 heterocycles. The molecule has 0 N–H and O–H groups in total. The second kappa shape index (κ2) is 5.16. The van der Waals surface area contributed by atoms with Gasteiger partial charge < -0.3 is 14.8 Å². The number of amides is 1. The van der Waals surface area contributed by atoms with Crippen LogP contribution in [0.4, 0.5) is 0 Å². The topological polar surface area (TPSA) is 60.4 Å². The number of carboxylic acid groups (broad SMARTS) is 1. The van der Waals surface area contributed by atoms with Gasteiger partial charge in [-0.25, -0.2) is 0 Å². The fraction of sp³-hybridized carbons (Fsp3) is 0.333. The summed E-state index contributed by atoms with van der Waals surface area (Å²) in [5.74, 6) is -2.17. The second-order valence-corrected chi connectivity index (χ2v) is 5.01. The Morgan fingerprint density at radius 1 is 1.39 bits per heavy atom. The molecule has 1 atom stereocenters. The lowest BCUT2D eigenvalue weighted by Crippen LogP contribution is -2.33. The normalized spacial score (nSPS) is 19.3. The summed E-state index contributed by atoms with van der Waals surface area (Å²) >= 11 is 12.0.